The number of thiol groups is 1. The highest BCUT2D eigenvalue weighted by atomic mass is 79.9. The molecule has 0 saturated carbocycles. The average Bonchev–Trinajstić information content (AvgIpc) is 1.95. The number of aromatic amines is 1. The highest BCUT2D eigenvalue weighted by Gasteiger charge is 2.00. The topological polar surface area (TPSA) is 45.8 Å². The van der Waals surface area contributed by atoms with Gasteiger partial charge in [0, 0.05) is 5.75 Å². The van der Waals surface area contributed by atoms with Crippen LogP contribution in [-0.2, 0) is 5.75 Å². The number of rotatable bonds is 1. The molecule has 3 nitrogen and oxygen atoms in total. The quantitative estimate of drug-likeness (QED) is 0.694. The minimum Gasteiger partial charge on any atom is -0.312 e. The van der Waals surface area contributed by atoms with E-state index in [1.807, 2.05) is 0 Å². The lowest BCUT2D eigenvalue weighted by Crippen LogP contribution is -2.09. The number of nitrogens with zero attached hydrogens (tertiary/aromatic N) is 1. The standard InChI is InChI=1S/C5H5BrN2OS/c6-4-3(1-10)7-2-8-5(4)9/h2,10H,1H2,(H,7,8,9). The first kappa shape index (κ1) is 7.81. The smallest absolute Gasteiger partial charge is 0.265 e. The summed E-state index contributed by atoms with van der Waals surface area (Å²) in [5.74, 6) is 0.463. The van der Waals surface area contributed by atoms with E-state index in [1.165, 1.54) is 6.33 Å². The molecule has 5 heteroatoms. The van der Waals surface area contributed by atoms with E-state index in [0.29, 0.717) is 15.9 Å². The predicted molar refractivity (Wildman–Crippen MR) is 45.2 cm³/mol. The number of halogens is 1. The fraction of sp³-hybridized carbons (Fsp3) is 0.200. The summed E-state index contributed by atoms with van der Waals surface area (Å²) in [5.41, 5.74) is 0.492. The van der Waals surface area contributed by atoms with Crippen molar-refractivity contribution in [3.05, 3.63) is 26.8 Å². The second kappa shape index (κ2) is 3.21. The highest BCUT2D eigenvalue weighted by molar-refractivity contribution is 9.10. The van der Waals surface area contributed by atoms with Crippen LogP contribution in [0.3, 0.4) is 0 Å². The average molecular weight is 221 g/mol. The lowest BCUT2D eigenvalue weighted by molar-refractivity contribution is 1.03. The molecule has 54 valence electrons. The molecule has 0 aliphatic rings. The number of hydrogen-bond acceptors (Lipinski definition) is 3. The Morgan fingerprint density at radius 3 is 3.00 bits per heavy atom. The van der Waals surface area contributed by atoms with Crippen molar-refractivity contribution in [1.29, 1.82) is 0 Å². The molecule has 0 amide bonds. The second-order valence-corrected chi connectivity index (χ2v) is 2.76. The largest absolute Gasteiger partial charge is 0.312 e. The molecular formula is C5H5BrN2OS. The maximum atomic E-state index is 10.8. The van der Waals surface area contributed by atoms with Gasteiger partial charge in [-0.25, -0.2) is 4.98 Å². The number of H-pyrrole nitrogens is 1. The molecule has 0 unspecified atom stereocenters. The summed E-state index contributed by atoms with van der Waals surface area (Å²) in [6.45, 7) is 0. The minimum absolute atomic E-state index is 0.168. The van der Waals surface area contributed by atoms with Crippen molar-refractivity contribution >= 4 is 28.6 Å². The van der Waals surface area contributed by atoms with Gasteiger partial charge in [0.15, 0.2) is 0 Å². The molecule has 0 fully saturated rings. The first-order valence-electron chi connectivity index (χ1n) is 2.58. The van der Waals surface area contributed by atoms with Gasteiger partial charge in [0.05, 0.1) is 12.0 Å². The van der Waals surface area contributed by atoms with Crippen LogP contribution in [0.25, 0.3) is 0 Å². The van der Waals surface area contributed by atoms with Crippen LogP contribution >= 0.6 is 28.6 Å². The first-order valence-corrected chi connectivity index (χ1v) is 4.01. The van der Waals surface area contributed by atoms with E-state index in [2.05, 4.69) is 38.5 Å². The van der Waals surface area contributed by atoms with Crippen molar-refractivity contribution in [2.75, 3.05) is 0 Å². The van der Waals surface area contributed by atoms with Crippen molar-refractivity contribution in [2.24, 2.45) is 0 Å². The van der Waals surface area contributed by atoms with Gasteiger partial charge < -0.3 is 4.98 Å². The predicted octanol–water partition coefficient (Wildman–Crippen LogP) is 0.962. The Kier molecular flexibility index (Phi) is 2.50. The molecule has 0 aliphatic carbocycles. The van der Waals surface area contributed by atoms with Crippen LogP contribution in [0.5, 0.6) is 0 Å². The molecule has 1 N–H and O–H groups in total. The summed E-state index contributed by atoms with van der Waals surface area (Å²) in [6.07, 6.45) is 1.36. The fourth-order valence-electron chi connectivity index (χ4n) is 0.530. The van der Waals surface area contributed by atoms with Crippen LogP contribution in [0.2, 0.25) is 0 Å². The lowest BCUT2D eigenvalue weighted by atomic mass is 10.4. The van der Waals surface area contributed by atoms with Crippen LogP contribution in [0.1, 0.15) is 5.69 Å². The molecule has 0 aromatic carbocycles. The third-order valence-electron chi connectivity index (χ3n) is 1.02. The zero-order chi connectivity index (χ0) is 7.56. The van der Waals surface area contributed by atoms with Crippen molar-refractivity contribution in [2.45, 2.75) is 5.75 Å². The van der Waals surface area contributed by atoms with E-state index in [-0.39, 0.29) is 5.56 Å². The van der Waals surface area contributed by atoms with Crippen molar-refractivity contribution in [3.8, 4) is 0 Å². The Morgan fingerprint density at radius 1 is 1.80 bits per heavy atom. The van der Waals surface area contributed by atoms with E-state index in [1.54, 1.807) is 0 Å². The Bertz CT molecular complexity index is 285. The van der Waals surface area contributed by atoms with Gasteiger partial charge in [0.25, 0.3) is 5.56 Å². The van der Waals surface area contributed by atoms with Crippen LogP contribution in [-0.4, -0.2) is 9.97 Å². The van der Waals surface area contributed by atoms with E-state index >= 15 is 0 Å². The van der Waals surface area contributed by atoms with Crippen molar-refractivity contribution in [1.82, 2.24) is 9.97 Å². The molecule has 0 saturated heterocycles. The van der Waals surface area contributed by atoms with Gasteiger partial charge in [-0.3, -0.25) is 4.79 Å². The third-order valence-corrected chi connectivity index (χ3v) is 2.14. The van der Waals surface area contributed by atoms with Gasteiger partial charge in [-0.1, -0.05) is 0 Å². The van der Waals surface area contributed by atoms with Gasteiger partial charge in [-0.15, -0.1) is 0 Å². The van der Waals surface area contributed by atoms with Gasteiger partial charge >= 0.3 is 0 Å². The van der Waals surface area contributed by atoms with Crippen LogP contribution in [0.4, 0.5) is 0 Å². The highest BCUT2D eigenvalue weighted by Crippen LogP contribution is 2.08. The fourth-order valence-corrected chi connectivity index (χ4v) is 1.34. The molecule has 1 rings (SSSR count). The Hall–Kier alpha value is -0.290. The summed E-state index contributed by atoms with van der Waals surface area (Å²) in [5, 5.41) is 0. The zero-order valence-corrected chi connectivity index (χ0v) is 7.45. The molecular weight excluding hydrogens is 216 g/mol. The second-order valence-electron chi connectivity index (χ2n) is 1.65. The number of hydrogen-bond donors (Lipinski definition) is 2. The summed E-state index contributed by atoms with van der Waals surface area (Å²) in [4.78, 5) is 17.1. The van der Waals surface area contributed by atoms with Gasteiger partial charge in [-0.2, -0.15) is 12.6 Å². The summed E-state index contributed by atoms with van der Waals surface area (Å²) < 4.78 is 0.463. The van der Waals surface area contributed by atoms with Gasteiger partial charge in [-0.05, 0) is 15.9 Å². The molecule has 0 atom stereocenters. The van der Waals surface area contributed by atoms with Crippen molar-refractivity contribution < 1.29 is 0 Å². The summed E-state index contributed by atoms with van der Waals surface area (Å²) in [7, 11) is 0. The third kappa shape index (κ3) is 1.41. The number of nitrogens with one attached hydrogen (secondary N) is 1. The van der Waals surface area contributed by atoms with Gasteiger partial charge in [0.1, 0.15) is 4.47 Å². The van der Waals surface area contributed by atoms with Crippen LogP contribution in [0, 0.1) is 0 Å². The maximum absolute atomic E-state index is 10.8. The zero-order valence-electron chi connectivity index (χ0n) is 4.97. The lowest BCUT2D eigenvalue weighted by Gasteiger charge is -1.94. The Morgan fingerprint density at radius 2 is 2.50 bits per heavy atom. The molecule has 0 aliphatic heterocycles. The molecule has 0 bridgehead atoms. The maximum Gasteiger partial charge on any atom is 0.265 e. The van der Waals surface area contributed by atoms with E-state index in [0.717, 1.165) is 0 Å². The minimum atomic E-state index is -0.168. The normalized spacial score (nSPS) is 9.80. The molecule has 0 spiro atoms. The molecule has 0 radical (unpaired) electrons. The Labute approximate surface area is 71.4 Å². The van der Waals surface area contributed by atoms with Crippen molar-refractivity contribution in [3.63, 3.8) is 0 Å². The molecule has 1 heterocycles. The van der Waals surface area contributed by atoms with E-state index in [4.69, 9.17) is 0 Å². The monoisotopic (exact) mass is 220 g/mol. The Balaban J connectivity index is 3.28. The first-order chi connectivity index (χ1) is 4.75. The molecule has 1 aromatic rings. The van der Waals surface area contributed by atoms with E-state index < -0.39 is 0 Å². The van der Waals surface area contributed by atoms with E-state index in [9.17, 15) is 4.79 Å². The summed E-state index contributed by atoms with van der Waals surface area (Å²) in [6, 6.07) is 0. The van der Waals surface area contributed by atoms with Crippen LogP contribution in [0.15, 0.2) is 15.6 Å². The molecule has 10 heavy (non-hydrogen) atoms. The number of aromatic nitrogens is 2. The SMILES string of the molecule is O=c1[nH]cnc(CS)c1Br. The summed E-state index contributed by atoms with van der Waals surface area (Å²) >= 11 is 7.07. The molecule has 1 aromatic heterocycles. The van der Waals surface area contributed by atoms with Crippen LogP contribution < -0.4 is 5.56 Å². The van der Waals surface area contributed by atoms with Gasteiger partial charge in [0.2, 0.25) is 0 Å².